The third kappa shape index (κ3) is 6.20. The normalized spacial score (nSPS) is 10.7. The predicted octanol–water partition coefficient (Wildman–Crippen LogP) is 3.81. The second-order valence-electron chi connectivity index (χ2n) is 5.63. The largest absolute Gasteiger partial charge is 0.490 e. The summed E-state index contributed by atoms with van der Waals surface area (Å²) < 4.78 is 11.5. The summed E-state index contributed by atoms with van der Waals surface area (Å²) in [6.07, 6.45) is 8.02. The molecule has 0 saturated carbocycles. The average Bonchev–Trinajstić information content (AvgIpc) is 2.67. The lowest BCUT2D eigenvalue weighted by Gasteiger charge is -2.12. The molecule has 0 aliphatic heterocycles. The quantitative estimate of drug-likeness (QED) is 0.399. The van der Waals surface area contributed by atoms with E-state index in [1.54, 1.807) is 30.7 Å². The number of aromatic nitrogens is 1. The first-order chi connectivity index (χ1) is 12.7. The van der Waals surface area contributed by atoms with Gasteiger partial charge in [-0.05, 0) is 49.2 Å². The standard InChI is InChI=1S/C20H25N3O3/c1-3-5-6-13-26-18-8-7-16(14-19(18)25-4-2)15-22-23-20(24)17-9-11-21-12-10-17/h7-12,14-15H,3-6,13H2,1-2H3,(H,23,24)/b22-15-. The van der Waals surface area contributed by atoms with Crippen molar-refractivity contribution >= 4 is 12.1 Å². The summed E-state index contributed by atoms with van der Waals surface area (Å²) in [4.78, 5) is 15.8. The van der Waals surface area contributed by atoms with Gasteiger partial charge in [0.05, 0.1) is 19.4 Å². The van der Waals surface area contributed by atoms with Gasteiger partial charge in [0.1, 0.15) is 0 Å². The number of hydrogen-bond acceptors (Lipinski definition) is 5. The summed E-state index contributed by atoms with van der Waals surface area (Å²) in [5.74, 6) is 1.11. The SMILES string of the molecule is CCCCCOc1ccc(/C=N\NC(=O)c2ccncc2)cc1OCC. The smallest absolute Gasteiger partial charge is 0.271 e. The highest BCUT2D eigenvalue weighted by Gasteiger charge is 2.06. The topological polar surface area (TPSA) is 72.8 Å². The molecule has 6 nitrogen and oxygen atoms in total. The summed E-state index contributed by atoms with van der Waals surface area (Å²) >= 11 is 0. The van der Waals surface area contributed by atoms with E-state index < -0.39 is 0 Å². The van der Waals surface area contributed by atoms with E-state index >= 15 is 0 Å². The van der Waals surface area contributed by atoms with Gasteiger partial charge in [0, 0.05) is 18.0 Å². The van der Waals surface area contributed by atoms with E-state index in [-0.39, 0.29) is 5.91 Å². The van der Waals surface area contributed by atoms with Gasteiger partial charge in [0.15, 0.2) is 11.5 Å². The van der Waals surface area contributed by atoms with E-state index in [0.29, 0.717) is 24.5 Å². The van der Waals surface area contributed by atoms with Gasteiger partial charge in [-0.1, -0.05) is 19.8 Å². The Morgan fingerprint density at radius 3 is 2.65 bits per heavy atom. The molecule has 0 aliphatic rings. The van der Waals surface area contributed by atoms with Gasteiger partial charge >= 0.3 is 0 Å². The molecule has 0 aliphatic carbocycles. The highest BCUT2D eigenvalue weighted by Crippen LogP contribution is 2.28. The highest BCUT2D eigenvalue weighted by molar-refractivity contribution is 5.94. The van der Waals surface area contributed by atoms with Gasteiger partial charge in [-0.25, -0.2) is 5.43 Å². The van der Waals surface area contributed by atoms with E-state index in [4.69, 9.17) is 9.47 Å². The van der Waals surface area contributed by atoms with Gasteiger partial charge in [-0.2, -0.15) is 5.10 Å². The van der Waals surface area contributed by atoms with Crippen molar-refractivity contribution in [1.29, 1.82) is 0 Å². The van der Waals surface area contributed by atoms with E-state index in [2.05, 4.69) is 22.4 Å². The summed E-state index contributed by atoms with van der Waals surface area (Å²) in [5.41, 5.74) is 3.80. The Hall–Kier alpha value is -2.89. The van der Waals surface area contributed by atoms with Crippen LogP contribution >= 0.6 is 0 Å². The summed E-state index contributed by atoms with van der Waals surface area (Å²) in [6.45, 7) is 5.30. The number of carbonyl (C=O) groups excluding carboxylic acids is 1. The molecule has 138 valence electrons. The molecule has 0 spiro atoms. The Balaban J connectivity index is 1.98. The third-order valence-electron chi connectivity index (χ3n) is 3.60. The molecular formula is C20H25N3O3. The van der Waals surface area contributed by atoms with Crippen LogP contribution in [0.25, 0.3) is 0 Å². The Labute approximate surface area is 154 Å². The van der Waals surface area contributed by atoms with Crippen molar-refractivity contribution in [1.82, 2.24) is 10.4 Å². The van der Waals surface area contributed by atoms with Crippen LogP contribution in [0.4, 0.5) is 0 Å². The number of amides is 1. The first-order valence-electron chi connectivity index (χ1n) is 8.87. The van der Waals surface area contributed by atoms with Crippen LogP contribution in [0.15, 0.2) is 47.8 Å². The minimum Gasteiger partial charge on any atom is -0.490 e. The first kappa shape index (κ1) is 19.4. The molecule has 0 bridgehead atoms. The zero-order chi connectivity index (χ0) is 18.6. The van der Waals surface area contributed by atoms with Gasteiger partial charge < -0.3 is 9.47 Å². The summed E-state index contributed by atoms with van der Waals surface area (Å²) in [6, 6.07) is 8.84. The zero-order valence-electron chi connectivity index (χ0n) is 15.3. The number of carbonyl (C=O) groups is 1. The second kappa shape index (κ2) is 10.9. The van der Waals surface area contributed by atoms with Crippen molar-refractivity contribution in [3.63, 3.8) is 0 Å². The second-order valence-corrected chi connectivity index (χ2v) is 5.63. The van der Waals surface area contributed by atoms with E-state index in [0.717, 1.165) is 30.6 Å². The molecule has 1 aromatic carbocycles. The average molecular weight is 355 g/mol. The van der Waals surface area contributed by atoms with Crippen molar-refractivity contribution in [3.8, 4) is 11.5 Å². The van der Waals surface area contributed by atoms with Crippen molar-refractivity contribution in [3.05, 3.63) is 53.9 Å². The lowest BCUT2D eigenvalue weighted by molar-refractivity contribution is 0.0955. The maximum Gasteiger partial charge on any atom is 0.271 e. The van der Waals surface area contributed by atoms with Crippen molar-refractivity contribution in [2.45, 2.75) is 33.1 Å². The third-order valence-corrected chi connectivity index (χ3v) is 3.60. The van der Waals surface area contributed by atoms with Crippen LogP contribution < -0.4 is 14.9 Å². The molecule has 0 saturated heterocycles. The molecule has 0 fully saturated rings. The minimum atomic E-state index is -0.287. The maximum atomic E-state index is 11.9. The zero-order valence-corrected chi connectivity index (χ0v) is 15.3. The van der Waals surface area contributed by atoms with Gasteiger partial charge in [-0.3, -0.25) is 9.78 Å². The number of rotatable bonds is 10. The van der Waals surface area contributed by atoms with Crippen LogP contribution in [0.1, 0.15) is 49.0 Å². The fraction of sp³-hybridized carbons (Fsp3) is 0.350. The molecule has 6 heteroatoms. The molecule has 2 aromatic rings. The van der Waals surface area contributed by atoms with Crippen LogP contribution in [0.2, 0.25) is 0 Å². The summed E-state index contributed by atoms with van der Waals surface area (Å²) in [5, 5.41) is 3.99. The molecule has 1 N–H and O–H groups in total. The van der Waals surface area contributed by atoms with E-state index in [1.807, 2.05) is 25.1 Å². The van der Waals surface area contributed by atoms with Crippen LogP contribution in [-0.2, 0) is 0 Å². The van der Waals surface area contributed by atoms with E-state index in [1.165, 1.54) is 0 Å². The van der Waals surface area contributed by atoms with Crippen molar-refractivity contribution in [2.75, 3.05) is 13.2 Å². The molecule has 1 aromatic heterocycles. The van der Waals surface area contributed by atoms with Gasteiger partial charge in [-0.15, -0.1) is 0 Å². The fourth-order valence-corrected chi connectivity index (χ4v) is 2.26. The predicted molar refractivity (Wildman–Crippen MR) is 102 cm³/mol. The van der Waals surface area contributed by atoms with Crippen LogP contribution in [0, 0.1) is 0 Å². The van der Waals surface area contributed by atoms with Crippen LogP contribution in [-0.4, -0.2) is 30.3 Å². The highest BCUT2D eigenvalue weighted by atomic mass is 16.5. The number of nitrogens with one attached hydrogen (secondary N) is 1. The number of nitrogens with zero attached hydrogens (tertiary/aromatic N) is 2. The number of pyridine rings is 1. The van der Waals surface area contributed by atoms with Gasteiger partial charge in [0.25, 0.3) is 5.91 Å². The Bertz CT molecular complexity index is 717. The molecule has 1 heterocycles. The number of benzene rings is 1. The molecular weight excluding hydrogens is 330 g/mol. The van der Waals surface area contributed by atoms with Crippen LogP contribution in [0.5, 0.6) is 11.5 Å². The number of ether oxygens (including phenoxy) is 2. The Kier molecular flexibility index (Phi) is 8.12. The summed E-state index contributed by atoms with van der Waals surface area (Å²) in [7, 11) is 0. The number of hydrazone groups is 1. The monoisotopic (exact) mass is 355 g/mol. The van der Waals surface area contributed by atoms with Crippen LogP contribution in [0.3, 0.4) is 0 Å². The molecule has 26 heavy (non-hydrogen) atoms. The van der Waals surface area contributed by atoms with E-state index in [9.17, 15) is 4.79 Å². The molecule has 1 amide bonds. The van der Waals surface area contributed by atoms with Crippen molar-refractivity contribution < 1.29 is 14.3 Å². The molecule has 0 radical (unpaired) electrons. The Morgan fingerprint density at radius 1 is 1.12 bits per heavy atom. The Morgan fingerprint density at radius 2 is 1.92 bits per heavy atom. The first-order valence-corrected chi connectivity index (χ1v) is 8.87. The fourth-order valence-electron chi connectivity index (χ4n) is 2.26. The van der Waals surface area contributed by atoms with Gasteiger partial charge in [0.2, 0.25) is 0 Å². The molecule has 2 rings (SSSR count). The molecule has 0 atom stereocenters. The lowest BCUT2D eigenvalue weighted by Crippen LogP contribution is -2.17. The minimum absolute atomic E-state index is 0.287. The lowest BCUT2D eigenvalue weighted by atomic mass is 10.2. The maximum absolute atomic E-state index is 11.9. The number of hydrogen-bond donors (Lipinski definition) is 1. The molecule has 0 unspecified atom stereocenters. The van der Waals surface area contributed by atoms with Crippen molar-refractivity contribution in [2.24, 2.45) is 5.10 Å². The number of unbranched alkanes of at least 4 members (excludes halogenated alkanes) is 2.